The third-order valence-corrected chi connectivity index (χ3v) is 4.56. The van der Waals surface area contributed by atoms with Gasteiger partial charge in [-0.05, 0) is 35.1 Å². The highest BCUT2D eigenvalue weighted by Crippen LogP contribution is 2.31. The quantitative estimate of drug-likeness (QED) is 0.480. The molecule has 0 spiro atoms. The number of halogens is 2. The van der Waals surface area contributed by atoms with E-state index in [4.69, 9.17) is 0 Å². The van der Waals surface area contributed by atoms with E-state index in [0.29, 0.717) is 22.3 Å². The van der Waals surface area contributed by atoms with Gasteiger partial charge in [0.25, 0.3) is 0 Å². The van der Waals surface area contributed by atoms with Crippen LogP contribution in [0.1, 0.15) is 31.4 Å². The minimum atomic E-state index is -0.792. The van der Waals surface area contributed by atoms with Crippen molar-refractivity contribution in [1.29, 1.82) is 0 Å². The van der Waals surface area contributed by atoms with Crippen molar-refractivity contribution in [2.75, 3.05) is 0 Å². The van der Waals surface area contributed by atoms with Crippen molar-refractivity contribution in [2.24, 2.45) is 0 Å². The third-order valence-electron chi connectivity index (χ3n) is 4.56. The van der Waals surface area contributed by atoms with E-state index >= 15 is 0 Å². The lowest BCUT2D eigenvalue weighted by atomic mass is 9.97. The van der Waals surface area contributed by atoms with Crippen LogP contribution in [0.4, 0.5) is 8.78 Å². The van der Waals surface area contributed by atoms with Crippen molar-refractivity contribution < 1.29 is 8.78 Å². The molecule has 0 bridgehead atoms. The maximum atomic E-state index is 14.7. The zero-order chi connectivity index (χ0) is 17.8. The first-order valence-electron chi connectivity index (χ1n) is 8.80. The summed E-state index contributed by atoms with van der Waals surface area (Å²) in [5, 5.41) is 0. The van der Waals surface area contributed by atoms with E-state index in [0.717, 1.165) is 19.3 Å². The molecule has 0 radical (unpaired) electrons. The number of hydrogen-bond donors (Lipinski definition) is 0. The van der Waals surface area contributed by atoms with Crippen molar-refractivity contribution in [2.45, 2.75) is 33.1 Å². The van der Waals surface area contributed by atoms with Crippen LogP contribution in [0.5, 0.6) is 0 Å². The highest BCUT2D eigenvalue weighted by Gasteiger charge is 2.15. The van der Waals surface area contributed by atoms with Crippen molar-refractivity contribution in [3.63, 3.8) is 0 Å². The number of rotatable bonds is 5. The van der Waals surface area contributed by atoms with E-state index in [2.05, 4.69) is 13.8 Å². The fourth-order valence-electron chi connectivity index (χ4n) is 3.06. The van der Waals surface area contributed by atoms with Crippen LogP contribution in [-0.4, -0.2) is 0 Å². The van der Waals surface area contributed by atoms with Crippen LogP contribution in [0, 0.1) is 11.6 Å². The van der Waals surface area contributed by atoms with Crippen LogP contribution >= 0.6 is 0 Å². The first-order chi connectivity index (χ1) is 12.1. The highest BCUT2D eigenvalue weighted by atomic mass is 19.2. The van der Waals surface area contributed by atoms with E-state index < -0.39 is 11.6 Å². The number of hydrogen-bond acceptors (Lipinski definition) is 0. The van der Waals surface area contributed by atoms with E-state index in [1.54, 1.807) is 12.1 Å². The Morgan fingerprint density at radius 3 is 1.44 bits per heavy atom. The number of aryl methyl sites for hydroxylation is 2. The summed E-state index contributed by atoms with van der Waals surface area (Å²) in [7, 11) is 0. The smallest absolute Gasteiger partial charge is 0.167 e. The molecule has 3 aromatic carbocycles. The van der Waals surface area contributed by atoms with Gasteiger partial charge in [-0.2, -0.15) is 0 Å². The van der Waals surface area contributed by atoms with Crippen molar-refractivity contribution in [3.05, 3.63) is 83.4 Å². The molecule has 0 saturated heterocycles. The molecule has 3 rings (SSSR count). The Balaban J connectivity index is 1.96. The fourth-order valence-corrected chi connectivity index (χ4v) is 3.06. The van der Waals surface area contributed by atoms with E-state index in [1.807, 2.05) is 48.5 Å². The Morgan fingerprint density at radius 2 is 1.04 bits per heavy atom. The predicted octanol–water partition coefficient (Wildman–Crippen LogP) is 6.81. The molecule has 0 atom stereocenters. The van der Waals surface area contributed by atoms with Crippen molar-refractivity contribution in [3.8, 4) is 22.3 Å². The lowest BCUT2D eigenvalue weighted by molar-refractivity contribution is 0.514. The topological polar surface area (TPSA) is 0 Å². The Labute approximate surface area is 148 Å². The summed E-state index contributed by atoms with van der Waals surface area (Å²) in [6.45, 7) is 4.19. The summed E-state index contributed by atoms with van der Waals surface area (Å²) in [5.41, 5.74) is 4.37. The maximum Gasteiger partial charge on any atom is 0.167 e. The summed E-state index contributed by atoms with van der Waals surface area (Å²) < 4.78 is 29.3. The summed E-state index contributed by atoms with van der Waals surface area (Å²) in [4.78, 5) is 0. The van der Waals surface area contributed by atoms with Gasteiger partial charge in [0.2, 0.25) is 0 Å². The standard InChI is InChI=1S/C23H22F2/c1-3-5-17-8-12-19(13-9-17)21-15-14-20(22(24)23(21)25)18-10-6-16(4-2)7-11-18/h6-15H,3-5H2,1-2H3. The molecule has 0 aliphatic carbocycles. The van der Waals surface area contributed by atoms with Gasteiger partial charge in [0.05, 0.1) is 0 Å². The van der Waals surface area contributed by atoms with E-state index in [1.165, 1.54) is 11.1 Å². The Hall–Kier alpha value is -2.48. The first-order valence-corrected chi connectivity index (χ1v) is 8.80. The van der Waals surface area contributed by atoms with Crippen LogP contribution < -0.4 is 0 Å². The van der Waals surface area contributed by atoms with Gasteiger partial charge in [0, 0.05) is 11.1 Å². The molecule has 0 amide bonds. The van der Waals surface area contributed by atoms with Gasteiger partial charge in [-0.25, -0.2) is 8.78 Å². The Kier molecular flexibility index (Phi) is 5.28. The summed E-state index contributed by atoms with van der Waals surface area (Å²) in [5.74, 6) is -1.58. The number of benzene rings is 3. The van der Waals surface area contributed by atoms with Gasteiger partial charge in [0.15, 0.2) is 11.6 Å². The average Bonchev–Trinajstić information content (AvgIpc) is 2.65. The Bertz CT molecular complexity index is 847. The highest BCUT2D eigenvalue weighted by molar-refractivity contribution is 5.72. The summed E-state index contributed by atoms with van der Waals surface area (Å²) in [6, 6.07) is 18.6. The molecule has 0 aliphatic heterocycles. The minimum absolute atomic E-state index is 0.298. The molecule has 0 heterocycles. The zero-order valence-corrected chi connectivity index (χ0v) is 14.7. The predicted molar refractivity (Wildman–Crippen MR) is 101 cm³/mol. The molecule has 128 valence electrons. The zero-order valence-electron chi connectivity index (χ0n) is 14.7. The lowest BCUT2D eigenvalue weighted by Crippen LogP contribution is -1.94. The Morgan fingerprint density at radius 1 is 0.600 bits per heavy atom. The second-order valence-corrected chi connectivity index (χ2v) is 6.29. The first kappa shape index (κ1) is 17.3. The van der Waals surface area contributed by atoms with Gasteiger partial charge in [-0.3, -0.25) is 0 Å². The van der Waals surface area contributed by atoms with Crippen LogP contribution in [0.15, 0.2) is 60.7 Å². The molecule has 0 unspecified atom stereocenters. The maximum absolute atomic E-state index is 14.7. The molecular formula is C23H22F2. The van der Waals surface area contributed by atoms with E-state index in [-0.39, 0.29) is 0 Å². The lowest BCUT2D eigenvalue weighted by Gasteiger charge is -2.10. The minimum Gasteiger partial charge on any atom is -0.203 e. The van der Waals surface area contributed by atoms with Gasteiger partial charge in [-0.1, -0.05) is 80.9 Å². The van der Waals surface area contributed by atoms with Crippen LogP contribution in [0.25, 0.3) is 22.3 Å². The molecule has 0 fully saturated rings. The molecule has 2 heteroatoms. The molecule has 25 heavy (non-hydrogen) atoms. The van der Waals surface area contributed by atoms with E-state index in [9.17, 15) is 8.78 Å². The van der Waals surface area contributed by atoms with Gasteiger partial charge < -0.3 is 0 Å². The van der Waals surface area contributed by atoms with Gasteiger partial charge in [0.1, 0.15) is 0 Å². The second-order valence-electron chi connectivity index (χ2n) is 6.29. The van der Waals surface area contributed by atoms with Crippen molar-refractivity contribution >= 4 is 0 Å². The third kappa shape index (κ3) is 3.63. The largest absolute Gasteiger partial charge is 0.203 e. The van der Waals surface area contributed by atoms with Crippen molar-refractivity contribution in [1.82, 2.24) is 0 Å². The molecule has 0 N–H and O–H groups in total. The molecule has 0 aromatic heterocycles. The molecule has 0 nitrogen and oxygen atoms in total. The van der Waals surface area contributed by atoms with Gasteiger partial charge >= 0.3 is 0 Å². The molecule has 3 aromatic rings. The average molecular weight is 336 g/mol. The van der Waals surface area contributed by atoms with Crippen LogP contribution in [-0.2, 0) is 12.8 Å². The van der Waals surface area contributed by atoms with Gasteiger partial charge in [-0.15, -0.1) is 0 Å². The van der Waals surface area contributed by atoms with Crippen LogP contribution in [0.3, 0.4) is 0 Å². The molecular weight excluding hydrogens is 314 g/mol. The normalized spacial score (nSPS) is 10.9. The SMILES string of the molecule is CCCc1ccc(-c2ccc(-c3ccc(CC)cc3)c(F)c2F)cc1. The second kappa shape index (κ2) is 7.60. The molecule has 0 saturated carbocycles. The molecule has 0 aliphatic rings. The monoisotopic (exact) mass is 336 g/mol. The van der Waals surface area contributed by atoms with Crippen LogP contribution in [0.2, 0.25) is 0 Å². The summed E-state index contributed by atoms with van der Waals surface area (Å²) >= 11 is 0. The summed E-state index contributed by atoms with van der Waals surface area (Å²) in [6.07, 6.45) is 2.97. The fraction of sp³-hybridized carbons (Fsp3) is 0.217.